The molecule has 1 aliphatic carbocycles. The van der Waals surface area contributed by atoms with Gasteiger partial charge in [0.2, 0.25) is 0 Å². The molecule has 1 aliphatic heterocycles. The molecule has 154 valence electrons. The third kappa shape index (κ3) is 4.19. The summed E-state index contributed by atoms with van der Waals surface area (Å²) in [5.41, 5.74) is 1.72. The van der Waals surface area contributed by atoms with E-state index in [1.54, 1.807) is 13.2 Å². The first-order valence-electron chi connectivity index (χ1n) is 10.7. The number of aromatic hydroxyl groups is 1. The van der Waals surface area contributed by atoms with Crippen LogP contribution in [0, 0.1) is 5.92 Å². The second kappa shape index (κ2) is 8.60. The predicted octanol–water partition coefficient (Wildman–Crippen LogP) is 4.78. The standard InChI is InChI=1S/C25H31NO3/c1-29-23-18-20(12-13-22(23)27)24-21-11-5-6-14-25(21,28)15-17-26(24)16-7-10-19-8-3-2-4-9-19/h2-4,7-10,12-13,18,21,24,27-28H,5-6,11,14-17H2,1H3/t21?,24-,25?/m0/s1. The van der Waals surface area contributed by atoms with Crippen LogP contribution < -0.4 is 4.74 Å². The second-order valence-electron chi connectivity index (χ2n) is 8.39. The highest BCUT2D eigenvalue weighted by molar-refractivity contribution is 5.49. The first-order chi connectivity index (χ1) is 14.1. The van der Waals surface area contributed by atoms with Gasteiger partial charge in [-0.1, -0.05) is 61.4 Å². The van der Waals surface area contributed by atoms with Gasteiger partial charge in [0, 0.05) is 25.0 Å². The number of methoxy groups -OCH3 is 1. The molecule has 2 aliphatic rings. The minimum Gasteiger partial charge on any atom is -0.504 e. The molecule has 0 radical (unpaired) electrons. The molecule has 4 heteroatoms. The fraction of sp³-hybridized carbons (Fsp3) is 0.440. The Morgan fingerprint density at radius 2 is 1.97 bits per heavy atom. The number of hydrogen-bond acceptors (Lipinski definition) is 4. The van der Waals surface area contributed by atoms with Gasteiger partial charge in [0.25, 0.3) is 0 Å². The Morgan fingerprint density at radius 3 is 2.76 bits per heavy atom. The summed E-state index contributed by atoms with van der Waals surface area (Å²) in [5, 5.41) is 21.5. The van der Waals surface area contributed by atoms with Crippen LogP contribution in [0.15, 0.2) is 54.6 Å². The summed E-state index contributed by atoms with van der Waals surface area (Å²) in [4.78, 5) is 2.47. The highest BCUT2D eigenvalue weighted by atomic mass is 16.5. The van der Waals surface area contributed by atoms with Crippen LogP contribution in [0.1, 0.15) is 49.3 Å². The molecule has 2 aromatic carbocycles. The molecule has 0 amide bonds. The van der Waals surface area contributed by atoms with E-state index in [0.29, 0.717) is 5.75 Å². The number of benzene rings is 2. The van der Waals surface area contributed by atoms with Crippen LogP contribution in [0.3, 0.4) is 0 Å². The summed E-state index contributed by atoms with van der Waals surface area (Å²) in [6.07, 6.45) is 9.38. The van der Waals surface area contributed by atoms with E-state index in [1.165, 1.54) is 5.56 Å². The van der Waals surface area contributed by atoms with E-state index in [2.05, 4.69) is 29.2 Å². The number of rotatable bonds is 5. The van der Waals surface area contributed by atoms with Gasteiger partial charge < -0.3 is 14.9 Å². The SMILES string of the molecule is COc1cc([C@H]2C3CCCCC3(O)CCN2CC=Cc2ccccc2)ccc1O. The number of phenols is 1. The number of nitrogens with zero attached hydrogens (tertiary/aromatic N) is 1. The number of ether oxygens (including phenoxy) is 1. The zero-order valence-electron chi connectivity index (χ0n) is 17.1. The Hall–Kier alpha value is -2.30. The lowest BCUT2D eigenvalue weighted by Gasteiger charge is -2.52. The van der Waals surface area contributed by atoms with Gasteiger partial charge >= 0.3 is 0 Å². The van der Waals surface area contributed by atoms with Crippen molar-refractivity contribution >= 4 is 6.08 Å². The molecule has 3 atom stereocenters. The topological polar surface area (TPSA) is 52.9 Å². The molecule has 1 heterocycles. The van der Waals surface area contributed by atoms with Crippen LogP contribution in [-0.4, -0.2) is 40.9 Å². The second-order valence-corrected chi connectivity index (χ2v) is 8.39. The predicted molar refractivity (Wildman–Crippen MR) is 116 cm³/mol. The molecule has 2 fully saturated rings. The molecule has 0 spiro atoms. The van der Waals surface area contributed by atoms with Crippen molar-refractivity contribution in [1.82, 2.24) is 4.90 Å². The molecule has 0 aromatic heterocycles. The summed E-state index contributed by atoms with van der Waals surface area (Å²) >= 11 is 0. The lowest BCUT2D eigenvalue weighted by atomic mass is 9.66. The van der Waals surface area contributed by atoms with Crippen molar-refractivity contribution in [2.75, 3.05) is 20.2 Å². The fourth-order valence-corrected chi connectivity index (χ4v) is 5.16. The lowest BCUT2D eigenvalue weighted by molar-refractivity contribution is -0.122. The molecule has 2 N–H and O–H groups in total. The molecule has 1 saturated carbocycles. The number of fused-ring (bicyclic) bond motifs is 1. The van der Waals surface area contributed by atoms with Crippen molar-refractivity contribution in [3.8, 4) is 11.5 Å². The van der Waals surface area contributed by atoms with Gasteiger partial charge in [0.05, 0.1) is 12.7 Å². The van der Waals surface area contributed by atoms with E-state index >= 15 is 0 Å². The van der Waals surface area contributed by atoms with E-state index < -0.39 is 5.60 Å². The zero-order valence-corrected chi connectivity index (χ0v) is 17.1. The summed E-state index contributed by atoms with van der Waals surface area (Å²) in [6, 6.07) is 16.1. The first kappa shape index (κ1) is 20.0. The maximum atomic E-state index is 11.4. The van der Waals surface area contributed by atoms with E-state index in [0.717, 1.165) is 50.8 Å². The van der Waals surface area contributed by atoms with Crippen LogP contribution in [0.2, 0.25) is 0 Å². The number of hydrogen-bond donors (Lipinski definition) is 2. The number of aliphatic hydroxyl groups is 1. The van der Waals surface area contributed by atoms with E-state index in [4.69, 9.17) is 4.74 Å². The Bertz CT molecular complexity index is 850. The van der Waals surface area contributed by atoms with Gasteiger partial charge in [0.1, 0.15) is 0 Å². The quantitative estimate of drug-likeness (QED) is 0.767. The third-order valence-electron chi connectivity index (χ3n) is 6.67. The third-order valence-corrected chi connectivity index (χ3v) is 6.67. The Morgan fingerprint density at radius 1 is 1.14 bits per heavy atom. The van der Waals surface area contributed by atoms with Gasteiger partial charge in [-0.25, -0.2) is 0 Å². The molecule has 4 rings (SSSR count). The normalized spacial score (nSPS) is 27.7. The molecular formula is C25H31NO3. The number of piperidine rings is 1. The molecule has 0 bridgehead atoms. The molecule has 29 heavy (non-hydrogen) atoms. The van der Waals surface area contributed by atoms with Crippen molar-refractivity contribution in [3.63, 3.8) is 0 Å². The van der Waals surface area contributed by atoms with Crippen LogP contribution in [0.5, 0.6) is 11.5 Å². The average Bonchev–Trinajstić information content (AvgIpc) is 2.75. The molecular weight excluding hydrogens is 362 g/mol. The Labute approximate surface area is 173 Å². The minimum absolute atomic E-state index is 0.115. The van der Waals surface area contributed by atoms with E-state index in [1.807, 2.05) is 30.3 Å². The van der Waals surface area contributed by atoms with E-state index in [9.17, 15) is 10.2 Å². The monoisotopic (exact) mass is 393 g/mol. The van der Waals surface area contributed by atoms with Crippen molar-refractivity contribution in [1.29, 1.82) is 0 Å². The smallest absolute Gasteiger partial charge is 0.160 e. The highest BCUT2D eigenvalue weighted by Crippen LogP contribution is 2.50. The number of likely N-dealkylation sites (tertiary alicyclic amines) is 1. The molecule has 2 unspecified atom stereocenters. The van der Waals surface area contributed by atoms with Crippen molar-refractivity contribution in [2.24, 2.45) is 5.92 Å². The summed E-state index contributed by atoms with van der Waals surface area (Å²) in [6.45, 7) is 1.69. The maximum Gasteiger partial charge on any atom is 0.160 e. The number of phenolic OH excluding ortho intramolecular Hbond substituents is 1. The van der Waals surface area contributed by atoms with Crippen LogP contribution in [-0.2, 0) is 0 Å². The average molecular weight is 394 g/mol. The largest absolute Gasteiger partial charge is 0.504 e. The maximum absolute atomic E-state index is 11.4. The highest BCUT2D eigenvalue weighted by Gasteiger charge is 2.48. The summed E-state index contributed by atoms with van der Waals surface area (Å²) in [5.74, 6) is 0.845. The zero-order chi connectivity index (χ0) is 20.3. The minimum atomic E-state index is -0.590. The first-order valence-corrected chi connectivity index (χ1v) is 10.7. The van der Waals surface area contributed by atoms with Crippen molar-refractivity contribution < 1.29 is 14.9 Å². The summed E-state index contributed by atoms with van der Waals surface area (Å²) < 4.78 is 5.37. The van der Waals surface area contributed by atoms with Gasteiger partial charge in [0.15, 0.2) is 11.5 Å². The van der Waals surface area contributed by atoms with Crippen LogP contribution in [0.4, 0.5) is 0 Å². The van der Waals surface area contributed by atoms with Gasteiger partial charge in [-0.05, 0) is 42.5 Å². The van der Waals surface area contributed by atoms with Gasteiger partial charge in [-0.3, -0.25) is 4.90 Å². The molecule has 1 saturated heterocycles. The molecule has 2 aromatic rings. The van der Waals surface area contributed by atoms with Crippen LogP contribution in [0.25, 0.3) is 6.08 Å². The van der Waals surface area contributed by atoms with E-state index in [-0.39, 0.29) is 17.7 Å². The Kier molecular flexibility index (Phi) is 5.93. The fourth-order valence-electron chi connectivity index (χ4n) is 5.16. The van der Waals surface area contributed by atoms with Crippen molar-refractivity contribution in [2.45, 2.75) is 43.7 Å². The lowest BCUT2D eigenvalue weighted by Crippen LogP contribution is -2.54. The van der Waals surface area contributed by atoms with Crippen LogP contribution >= 0.6 is 0 Å². The Balaban J connectivity index is 1.63. The van der Waals surface area contributed by atoms with Gasteiger partial charge in [-0.2, -0.15) is 0 Å². The van der Waals surface area contributed by atoms with Gasteiger partial charge in [-0.15, -0.1) is 0 Å². The molecule has 4 nitrogen and oxygen atoms in total. The van der Waals surface area contributed by atoms with Crippen molar-refractivity contribution in [3.05, 3.63) is 65.7 Å². The summed E-state index contributed by atoms with van der Waals surface area (Å²) in [7, 11) is 1.58.